The molecule has 2 heterocycles. The zero-order valence-electron chi connectivity index (χ0n) is 10.6. The van der Waals surface area contributed by atoms with Gasteiger partial charge in [0.15, 0.2) is 5.69 Å². The molecule has 0 saturated heterocycles. The van der Waals surface area contributed by atoms with E-state index in [-0.39, 0.29) is 5.69 Å². The monoisotopic (exact) mass is 266 g/mol. The van der Waals surface area contributed by atoms with E-state index in [2.05, 4.69) is 20.6 Å². The van der Waals surface area contributed by atoms with Gasteiger partial charge in [0.05, 0.1) is 18.8 Å². The number of carbonyl (C=O) groups is 1. The maximum Gasteiger partial charge on any atom is 0.358 e. The quantitative estimate of drug-likeness (QED) is 0.739. The number of methoxy groups -OCH3 is 1. The fraction of sp³-hybridized carbons (Fsp3) is 0.500. The lowest BCUT2D eigenvalue weighted by Gasteiger charge is -2.04. The number of carboxylic acids is 1. The Balaban J connectivity index is 2.26. The molecule has 0 aliphatic rings. The van der Waals surface area contributed by atoms with Crippen LogP contribution in [0.4, 0.5) is 0 Å². The Morgan fingerprint density at radius 3 is 2.79 bits per heavy atom. The van der Waals surface area contributed by atoms with Gasteiger partial charge in [0.2, 0.25) is 0 Å². The van der Waals surface area contributed by atoms with Crippen LogP contribution in [-0.2, 0) is 24.8 Å². The van der Waals surface area contributed by atoms with E-state index in [9.17, 15) is 4.79 Å². The van der Waals surface area contributed by atoms with Crippen molar-refractivity contribution >= 4 is 5.97 Å². The van der Waals surface area contributed by atoms with Crippen LogP contribution in [0, 0.1) is 0 Å². The van der Waals surface area contributed by atoms with Crippen molar-refractivity contribution < 1.29 is 14.6 Å². The van der Waals surface area contributed by atoms with Crippen LogP contribution in [0.15, 0.2) is 6.20 Å². The molecule has 1 N–H and O–H groups in total. The summed E-state index contributed by atoms with van der Waals surface area (Å²) in [6, 6.07) is 0. The molecule has 9 heteroatoms. The van der Waals surface area contributed by atoms with Crippen LogP contribution in [-0.4, -0.2) is 54.8 Å². The van der Waals surface area contributed by atoms with E-state index in [1.807, 2.05) is 0 Å². The fourth-order valence-corrected chi connectivity index (χ4v) is 1.69. The molecule has 0 atom stereocenters. The summed E-state index contributed by atoms with van der Waals surface area (Å²) in [4.78, 5) is 11.1. The average molecular weight is 266 g/mol. The second-order valence-corrected chi connectivity index (χ2v) is 3.97. The van der Waals surface area contributed by atoms with Gasteiger partial charge in [-0.05, 0) is 0 Å². The van der Waals surface area contributed by atoms with Gasteiger partial charge in [-0.1, -0.05) is 10.4 Å². The summed E-state index contributed by atoms with van der Waals surface area (Å²) in [5.74, 6) is -1.10. The lowest BCUT2D eigenvalue weighted by Crippen LogP contribution is -2.12. The van der Waals surface area contributed by atoms with E-state index in [1.165, 1.54) is 4.68 Å². The molecule has 0 radical (unpaired) electrons. The minimum atomic E-state index is -1.10. The van der Waals surface area contributed by atoms with Crippen LogP contribution in [0.1, 0.15) is 21.9 Å². The molecule has 102 valence electrons. The molecule has 0 aromatic carbocycles. The van der Waals surface area contributed by atoms with Gasteiger partial charge in [-0.15, -0.1) is 10.2 Å². The van der Waals surface area contributed by atoms with E-state index < -0.39 is 5.97 Å². The van der Waals surface area contributed by atoms with E-state index in [0.29, 0.717) is 31.0 Å². The van der Waals surface area contributed by atoms with Gasteiger partial charge < -0.3 is 9.84 Å². The number of ether oxygens (including phenoxy) is 1. The van der Waals surface area contributed by atoms with Gasteiger partial charge in [0.25, 0.3) is 0 Å². The lowest BCUT2D eigenvalue weighted by molar-refractivity contribution is 0.0688. The topological polar surface area (TPSA) is 108 Å². The van der Waals surface area contributed by atoms with Crippen molar-refractivity contribution in [3.8, 4) is 0 Å². The average Bonchev–Trinajstić information content (AvgIpc) is 2.94. The van der Waals surface area contributed by atoms with Crippen molar-refractivity contribution in [3.05, 3.63) is 23.3 Å². The molecule has 0 unspecified atom stereocenters. The Hall–Kier alpha value is -2.29. The van der Waals surface area contributed by atoms with E-state index in [0.717, 1.165) is 0 Å². The highest BCUT2D eigenvalue weighted by Crippen LogP contribution is 2.09. The van der Waals surface area contributed by atoms with Gasteiger partial charge in [0.1, 0.15) is 5.69 Å². The molecule has 2 aromatic heterocycles. The van der Waals surface area contributed by atoms with Gasteiger partial charge in [0, 0.05) is 26.8 Å². The van der Waals surface area contributed by atoms with Crippen molar-refractivity contribution in [1.29, 1.82) is 0 Å². The summed E-state index contributed by atoms with van der Waals surface area (Å²) in [6.45, 7) is 0.724. The largest absolute Gasteiger partial charge is 0.476 e. The summed E-state index contributed by atoms with van der Waals surface area (Å²) in [6.07, 6.45) is 2.16. The first-order valence-electron chi connectivity index (χ1n) is 5.61. The zero-order valence-corrected chi connectivity index (χ0v) is 10.6. The summed E-state index contributed by atoms with van der Waals surface area (Å²) in [7, 11) is 3.31. The number of aromatic carboxylic acids is 1. The molecule has 0 spiro atoms. The molecule has 0 amide bonds. The summed E-state index contributed by atoms with van der Waals surface area (Å²) in [5, 5.41) is 24.3. The Kier molecular flexibility index (Phi) is 3.85. The molecular formula is C10H14N6O3. The van der Waals surface area contributed by atoms with Crippen LogP contribution in [0.2, 0.25) is 0 Å². The van der Waals surface area contributed by atoms with Crippen LogP contribution < -0.4 is 0 Å². The summed E-state index contributed by atoms with van der Waals surface area (Å²) >= 11 is 0. The molecule has 2 rings (SSSR count). The van der Waals surface area contributed by atoms with Crippen molar-refractivity contribution in [2.45, 2.75) is 13.0 Å². The fourth-order valence-electron chi connectivity index (χ4n) is 1.69. The molecule has 0 bridgehead atoms. The molecule has 19 heavy (non-hydrogen) atoms. The SMILES string of the molecule is COCCc1c(C(=O)O)nnn1Cc1cn(C)nn1. The Labute approximate surface area is 108 Å². The predicted molar refractivity (Wildman–Crippen MR) is 62.7 cm³/mol. The first-order valence-corrected chi connectivity index (χ1v) is 5.61. The van der Waals surface area contributed by atoms with E-state index in [4.69, 9.17) is 9.84 Å². The number of hydrogen-bond donors (Lipinski definition) is 1. The smallest absolute Gasteiger partial charge is 0.358 e. The number of hydrogen-bond acceptors (Lipinski definition) is 6. The second-order valence-electron chi connectivity index (χ2n) is 3.97. The molecule has 2 aromatic rings. The van der Waals surface area contributed by atoms with Crippen LogP contribution in [0.5, 0.6) is 0 Å². The molecule has 0 aliphatic carbocycles. The van der Waals surface area contributed by atoms with Gasteiger partial charge in [-0.2, -0.15) is 0 Å². The van der Waals surface area contributed by atoms with Gasteiger partial charge >= 0.3 is 5.97 Å². The Morgan fingerprint density at radius 2 is 2.21 bits per heavy atom. The molecule has 0 saturated carbocycles. The molecule has 9 nitrogen and oxygen atoms in total. The van der Waals surface area contributed by atoms with Crippen LogP contribution in [0.3, 0.4) is 0 Å². The number of aromatic nitrogens is 6. The standard InChI is InChI=1S/C10H14N6O3/c1-15-5-7(11-13-15)6-16-8(3-4-19-2)9(10(17)18)12-14-16/h5H,3-4,6H2,1-2H3,(H,17,18). The minimum absolute atomic E-state index is 0.0547. The lowest BCUT2D eigenvalue weighted by atomic mass is 10.2. The molecule has 0 aliphatic heterocycles. The Morgan fingerprint density at radius 1 is 1.42 bits per heavy atom. The van der Waals surface area contributed by atoms with Crippen molar-refractivity contribution in [1.82, 2.24) is 30.0 Å². The second kappa shape index (κ2) is 5.57. The van der Waals surface area contributed by atoms with Crippen LogP contribution in [0.25, 0.3) is 0 Å². The van der Waals surface area contributed by atoms with Crippen molar-refractivity contribution in [2.24, 2.45) is 7.05 Å². The number of rotatable bonds is 6. The number of aryl methyl sites for hydroxylation is 1. The summed E-state index contributed by atoms with van der Waals surface area (Å²) in [5.41, 5.74) is 1.14. The highest BCUT2D eigenvalue weighted by atomic mass is 16.5. The van der Waals surface area contributed by atoms with Gasteiger partial charge in [-0.25, -0.2) is 9.48 Å². The third kappa shape index (κ3) is 2.94. The maximum absolute atomic E-state index is 11.1. The molecular weight excluding hydrogens is 252 g/mol. The number of carboxylic acid groups (broad SMARTS) is 1. The number of nitrogens with zero attached hydrogens (tertiary/aromatic N) is 6. The van der Waals surface area contributed by atoms with Crippen LogP contribution >= 0.6 is 0 Å². The van der Waals surface area contributed by atoms with E-state index in [1.54, 1.807) is 25.0 Å². The highest BCUT2D eigenvalue weighted by Gasteiger charge is 2.19. The van der Waals surface area contributed by atoms with Crippen molar-refractivity contribution in [2.75, 3.05) is 13.7 Å². The molecule has 0 fully saturated rings. The van der Waals surface area contributed by atoms with E-state index >= 15 is 0 Å². The highest BCUT2D eigenvalue weighted by molar-refractivity contribution is 5.86. The minimum Gasteiger partial charge on any atom is -0.476 e. The Bertz CT molecular complexity index is 576. The van der Waals surface area contributed by atoms with Crippen molar-refractivity contribution in [3.63, 3.8) is 0 Å². The normalized spacial score (nSPS) is 10.8. The third-order valence-electron chi connectivity index (χ3n) is 2.55. The predicted octanol–water partition coefficient (Wildman–Crippen LogP) is -0.658. The third-order valence-corrected chi connectivity index (χ3v) is 2.55. The zero-order chi connectivity index (χ0) is 13.8. The first kappa shape index (κ1) is 13.1. The van der Waals surface area contributed by atoms with Gasteiger partial charge in [-0.3, -0.25) is 4.68 Å². The first-order chi connectivity index (χ1) is 9.11. The summed E-state index contributed by atoms with van der Waals surface area (Å²) < 4.78 is 8.04. The maximum atomic E-state index is 11.1.